The third-order valence-corrected chi connectivity index (χ3v) is 8.66. The number of carbonyl (C=O) groups excluding carboxylic acids is 1. The number of benzene rings is 2. The molecular weight excluding hydrogens is 519 g/mol. The van der Waals surface area contributed by atoms with E-state index in [1.54, 1.807) is 13.3 Å². The summed E-state index contributed by atoms with van der Waals surface area (Å²) in [7, 11) is -2.28. The van der Waals surface area contributed by atoms with E-state index in [4.69, 9.17) is 10.5 Å². The second kappa shape index (κ2) is 13.1. The molecular formula is C29H35FN4O4S. The molecule has 4 rings (SSSR count). The average molecular weight is 555 g/mol. The standard InChI is InChI=1S/C29H35FN4O4S/c1-38-22-12-13-23-21(18-22)11-14-27(24(23)17-20-7-6-15-32-19-20)34-29(35)26(31)9-4-5-16-33-39(36,37)28-10-3-2-8-25(28)30/h2-3,6-8,10,12-13,15,18-19,24,26-27,33H,4-5,9,11,14,16-17,31H2,1H3,(H,34,35)/t24-,26+,27+/m1/s1. The molecule has 0 spiro atoms. The third kappa shape index (κ3) is 7.40. The molecule has 1 aliphatic carbocycles. The van der Waals surface area contributed by atoms with Gasteiger partial charge in [-0.2, -0.15) is 0 Å². The third-order valence-electron chi connectivity index (χ3n) is 7.16. The molecule has 0 aliphatic heterocycles. The zero-order valence-corrected chi connectivity index (χ0v) is 22.8. The molecule has 10 heteroatoms. The lowest BCUT2D eigenvalue weighted by Gasteiger charge is -2.35. The number of aromatic nitrogens is 1. The predicted molar refractivity (Wildman–Crippen MR) is 147 cm³/mol. The Morgan fingerprint density at radius 1 is 1.18 bits per heavy atom. The van der Waals surface area contributed by atoms with E-state index in [1.807, 2.05) is 24.4 Å². The van der Waals surface area contributed by atoms with Gasteiger partial charge in [-0.25, -0.2) is 17.5 Å². The molecule has 39 heavy (non-hydrogen) atoms. The van der Waals surface area contributed by atoms with Gasteiger partial charge in [0.25, 0.3) is 0 Å². The molecule has 1 aromatic heterocycles. The molecule has 3 atom stereocenters. The van der Waals surface area contributed by atoms with Gasteiger partial charge in [-0.3, -0.25) is 9.78 Å². The zero-order chi connectivity index (χ0) is 27.8. The van der Waals surface area contributed by atoms with Crippen molar-refractivity contribution in [3.63, 3.8) is 0 Å². The second-order valence-corrected chi connectivity index (χ2v) is 11.6. The lowest BCUT2D eigenvalue weighted by Crippen LogP contribution is -2.49. The Labute approximate surface area is 229 Å². The molecule has 2 aromatic carbocycles. The van der Waals surface area contributed by atoms with E-state index in [9.17, 15) is 17.6 Å². The van der Waals surface area contributed by atoms with Crippen molar-refractivity contribution < 1.29 is 22.3 Å². The van der Waals surface area contributed by atoms with Crippen LogP contribution in [-0.2, 0) is 27.7 Å². The Kier molecular flexibility index (Phi) is 9.66. The number of unbranched alkanes of at least 4 members (excludes halogenated alkanes) is 1. The molecule has 3 aromatic rings. The molecule has 4 N–H and O–H groups in total. The number of nitrogens with two attached hydrogens (primary N) is 1. The van der Waals surface area contributed by atoms with Gasteiger partial charge in [-0.05, 0) is 79.1 Å². The van der Waals surface area contributed by atoms with Crippen molar-refractivity contribution in [2.45, 2.75) is 61.4 Å². The first-order valence-electron chi connectivity index (χ1n) is 13.1. The van der Waals surface area contributed by atoms with E-state index >= 15 is 0 Å². The Morgan fingerprint density at radius 2 is 2.00 bits per heavy atom. The van der Waals surface area contributed by atoms with Gasteiger partial charge in [0.05, 0.1) is 13.2 Å². The Morgan fingerprint density at radius 3 is 2.74 bits per heavy atom. The van der Waals surface area contributed by atoms with Crippen LogP contribution in [-0.4, -0.2) is 45.0 Å². The van der Waals surface area contributed by atoms with Gasteiger partial charge in [0.15, 0.2) is 0 Å². The number of nitrogens with zero attached hydrogens (tertiary/aromatic N) is 1. The van der Waals surface area contributed by atoms with E-state index in [1.165, 1.54) is 29.3 Å². The summed E-state index contributed by atoms with van der Waals surface area (Å²) in [6.07, 6.45) is 7.34. The number of halogens is 1. The van der Waals surface area contributed by atoms with E-state index in [-0.39, 0.29) is 29.3 Å². The van der Waals surface area contributed by atoms with Crippen LogP contribution in [0.25, 0.3) is 0 Å². The van der Waals surface area contributed by atoms with Gasteiger partial charge in [0.1, 0.15) is 16.5 Å². The van der Waals surface area contributed by atoms with Crippen LogP contribution in [0.2, 0.25) is 0 Å². The van der Waals surface area contributed by atoms with Gasteiger partial charge in [-0.1, -0.05) is 30.7 Å². The van der Waals surface area contributed by atoms with Crippen LogP contribution < -0.4 is 20.5 Å². The highest BCUT2D eigenvalue weighted by molar-refractivity contribution is 7.89. The number of pyridine rings is 1. The monoisotopic (exact) mass is 554 g/mol. The Bertz CT molecular complexity index is 1370. The number of amides is 1. The SMILES string of the molecule is COc1ccc2c(c1)CC[C@H](NC(=O)[C@@H](N)CCCCNS(=O)(=O)c1ccccc1F)[C@@H]2Cc1cccnc1. The van der Waals surface area contributed by atoms with Crippen molar-refractivity contribution in [1.29, 1.82) is 0 Å². The van der Waals surface area contributed by atoms with Gasteiger partial charge in [-0.15, -0.1) is 0 Å². The number of ether oxygens (including phenoxy) is 1. The largest absolute Gasteiger partial charge is 0.497 e. The topological polar surface area (TPSA) is 123 Å². The van der Waals surface area contributed by atoms with Crippen LogP contribution in [0.15, 0.2) is 71.9 Å². The Hall–Kier alpha value is -3.34. The highest BCUT2D eigenvalue weighted by Gasteiger charge is 2.32. The summed E-state index contributed by atoms with van der Waals surface area (Å²) < 4.78 is 46.3. The number of aryl methyl sites for hydroxylation is 1. The van der Waals surface area contributed by atoms with Gasteiger partial charge >= 0.3 is 0 Å². The van der Waals surface area contributed by atoms with E-state index in [0.717, 1.165) is 36.6 Å². The minimum absolute atomic E-state index is 0.0628. The molecule has 208 valence electrons. The quantitative estimate of drug-likeness (QED) is 0.295. The summed E-state index contributed by atoms with van der Waals surface area (Å²) in [6.45, 7) is 0.126. The maximum Gasteiger partial charge on any atom is 0.243 e. The van der Waals surface area contributed by atoms with Crippen LogP contribution in [0.5, 0.6) is 5.75 Å². The maximum absolute atomic E-state index is 13.8. The van der Waals surface area contributed by atoms with Crippen molar-refractivity contribution >= 4 is 15.9 Å². The molecule has 0 unspecified atom stereocenters. The molecule has 1 heterocycles. The number of hydrogen-bond acceptors (Lipinski definition) is 6. The number of rotatable bonds is 12. The number of fused-ring (bicyclic) bond motifs is 1. The fourth-order valence-corrected chi connectivity index (χ4v) is 6.22. The summed E-state index contributed by atoms with van der Waals surface area (Å²) in [5.74, 6) is -0.141. The smallest absolute Gasteiger partial charge is 0.243 e. The van der Waals surface area contributed by atoms with Crippen LogP contribution in [0.1, 0.15) is 48.3 Å². The lowest BCUT2D eigenvalue weighted by atomic mass is 9.76. The minimum atomic E-state index is -3.94. The molecule has 1 amide bonds. The molecule has 0 radical (unpaired) electrons. The lowest BCUT2D eigenvalue weighted by molar-refractivity contribution is -0.123. The van der Waals surface area contributed by atoms with Crippen molar-refractivity contribution in [3.8, 4) is 5.75 Å². The van der Waals surface area contributed by atoms with Crippen molar-refractivity contribution in [1.82, 2.24) is 15.0 Å². The van der Waals surface area contributed by atoms with E-state index in [0.29, 0.717) is 19.3 Å². The first kappa shape index (κ1) is 28.7. The number of nitrogens with one attached hydrogen (secondary N) is 2. The van der Waals surface area contributed by atoms with Gasteiger partial charge in [0, 0.05) is 30.9 Å². The van der Waals surface area contributed by atoms with Crippen molar-refractivity contribution in [3.05, 3.63) is 89.5 Å². The summed E-state index contributed by atoms with van der Waals surface area (Å²) in [4.78, 5) is 16.9. The highest BCUT2D eigenvalue weighted by atomic mass is 32.2. The van der Waals surface area contributed by atoms with E-state index < -0.39 is 21.9 Å². The summed E-state index contributed by atoms with van der Waals surface area (Å²) in [5.41, 5.74) is 9.71. The van der Waals surface area contributed by atoms with Crippen LogP contribution in [0.4, 0.5) is 4.39 Å². The van der Waals surface area contributed by atoms with Gasteiger partial charge in [0.2, 0.25) is 15.9 Å². The zero-order valence-electron chi connectivity index (χ0n) is 22.0. The number of sulfonamides is 1. The molecule has 0 saturated carbocycles. The number of hydrogen-bond donors (Lipinski definition) is 3. The van der Waals surface area contributed by atoms with Gasteiger partial charge < -0.3 is 15.8 Å². The molecule has 8 nitrogen and oxygen atoms in total. The number of methoxy groups -OCH3 is 1. The van der Waals surface area contributed by atoms with Crippen LogP contribution in [0.3, 0.4) is 0 Å². The highest BCUT2D eigenvalue weighted by Crippen LogP contribution is 2.36. The normalized spacial score (nSPS) is 17.7. The summed E-state index contributed by atoms with van der Waals surface area (Å²) in [6, 6.07) is 14.5. The van der Waals surface area contributed by atoms with Crippen molar-refractivity contribution in [2.75, 3.05) is 13.7 Å². The van der Waals surface area contributed by atoms with Crippen LogP contribution in [0, 0.1) is 5.82 Å². The molecule has 0 bridgehead atoms. The average Bonchev–Trinajstić information content (AvgIpc) is 2.94. The maximum atomic E-state index is 13.8. The number of carbonyl (C=O) groups is 1. The van der Waals surface area contributed by atoms with E-state index in [2.05, 4.69) is 27.2 Å². The predicted octanol–water partition coefficient (Wildman–Crippen LogP) is 3.46. The fraction of sp³-hybridized carbons (Fsp3) is 0.379. The second-order valence-electron chi connectivity index (χ2n) is 9.82. The summed E-state index contributed by atoms with van der Waals surface area (Å²) >= 11 is 0. The fourth-order valence-electron chi connectivity index (χ4n) is 5.07. The first-order chi connectivity index (χ1) is 18.8. The Balaban J connectivity index is 1.32. The van der Waals surface area contributed by atoms with Crippen molar-refractivity contribution in [2.24, 2.45) is 5.73 Å². The van der Waals surface area contributed by atoms with Crippen LogP contribution >= 0.6 is 0 Å². The first-order valence-corrected chi connectivity index (χ1v) is 14.6. The molecule has 0 saturated heterocycles. The molecule has 0 fully saturated rings. The molecule has 1 aliphatic rings. The summed E-state index contributed by atoms with van der Waals surface area (Å²) in [5, 5.41) is 3.18. The minimum Gasteiger partial charge on any atom is -0.497 e.